The van der Waals surface area contributed by atoms with Crippen LogP contribution in [0.5, 0.6) is 0 Å². The zero-order valence-corrected chi connectivity index (χ0v) is 10.2. The van der Waals surface area contributed by atoms with Gasteiger partial charge >= 0.3 is 5.97 Å². The van der Waals surface area contributed by atoms with Crippen LogP contribution in [-0.2, 0) is 16.0 Å². The third-order valence-corrected chi connectivity index (χ3v) is 3.35. The molecule has 0 bridgehead atoms. The number of Topliss-reactive ketones (excluding diaryl/α,β-unsaturated/α-hetero) is 1. The van der Waals surface area contributed by atoms with Crippen molar-refractivity contribution in [2.45, 2.75) is 26.7 Å². The van der Waals surface area contributed by atoms with Crippen LogP contribution >= 0.6 is 0 Å². The molecule has 0 heterocycles. The van der Waals surface area contributed by atoms with Gasteiger partial charge in [-0.05, 0) is 25.3 Å². The second kappa shape index (κ2) is 4.32. The van der Waals surface area contributed by atoms with E-state index in [-0.39, 0.29) is 18.4 Å². The fourth-order valence-corrected chi connectivity index (χ4v) is 2.21. The summed E-state index contributed by atoms with van der Waals surface area (Å²) in [6, 6.07) is 7.65. The first-order valence-electron chi connectivity index (χ1n) is 5.79. The van der Waals surface area contributed by atoms with E-state index in [9.17, 15) is 9.59 Å². The van der Waals surface area contributed by atoms with E-state index in [1.165, 1.54) is 6.92 Å². The molecule has 1 aliphatic carbocycles. The van der Waals surface area contributed by atoms with E-state index in [1.807, 2.05) is 31.2 Å². The number of aryl methyl sites for hydroxylation is 1. The number of ether oxygens (including phenoxy) is 1. The molecule has 3 nitrogen and oxygen atoms in total. The molecule has 17 heavy (non-hydrogen) atoms. The van der Waals surface area contributed by atoms with Gasteiger partial charge in [0.15, 0.2) is 5.78 Å². The van der Waals surface area contributed by atoms with Crippen molar-refractivity contribution in [2.75, 3.05) is 6.61 Å². The predicted molar refractivity (Wildman–Crippen MR) is 63.8 cm³/mol. The topological polar surface area (TPSA) is 43.4 Å². The number of ketones is 1. The second-order valence-electron chi connectivity index (χ2n) is 4.83. The Balaban J connectivity index is 2.24. The summed E-state index contributed by atoms with van der Waals surface area (Å²) in [5.41, 5.74) is 1.30. The minimum atomic E-state index is -0.569. The van der Waals surface area contributed by atoms with Crippen molar-refractivity contribution >= 4 is 11.8 Å². The highest BCUT2D eigenvalue weighted by atomic mass is 16.5. The first-order chi connectivity index (χ1) is 8.03. The Morgan fingerprint density at radius 1 is 1.41 bits per heavy atom. The third kappa shape index (κ3) is 2.23. The Labute approximate surface area is 101 Å². The maximum atomic E-state index is 12.4. The highest BCUT2D eigenvalue weighted by Crippen LogP contribution is 2.35. The Morgan fingerprint density at radius 2 is 2.12 bits per heavy atom. The molecule has 3 heteroatoms. The van der Waals surface area contributed by atoms with Gasteiger partial charge in [0.25, 0.3) is 0 Å². The normalized spacial score (nSPS) is 23.1. The van der Waals surface area contributed by atoms with Crippen LogP contribution in [0.2, 0.25) is 0 Å². The Kier molecular flexibility index (Phi) is 3.01. The molecule has 0 aromatic heterocycles. The summed E-state index contributed by atoms with van der Waals surface area (Å²) in [7, 11) is 0. The molecule has 0 aliphatic heterocycles. The van der Waals surface area contributed by atoms with Crippen LogP contribution in [0.3, 0.4) is 0 Å². The number of carbonyl (C=O) groups is 2. The van der Waals surface area contributed by atoms with Crippen molar-refractivity contribution in [1.82, 2.24) is 0 Å². The molecule has 0 saturated carbocycles. The molecule has 0 N–H and O–H groups in total. The lowest BCUT2D eigenvalue weighted by molar-refractivity contribution is -0.143. The highest BCUT2D eigenvalue weighted by molar-refractivity contribution is 6.02. The molecule has 2 rings (SSSR count). The van der Waals surface area contributed by atoms with Crippen LogP contribution in [0.15, 0.2) is 24.3 Å². The molecular formula is C14H16O3. The third-order valence-electron chi connectivity index (χ3n) is 3.35. The lowest BCUT2D eigenvalue weighted by atomic mass is 9.72. The van der Waals surface area contributed by atoms with Crippen LogP contribution in [0.25, 0.3) is 0 Å². The number of benzene rings is 1. The van der Waals surface area contributed by atoms with Crippen LogP contribution in [0.4, 0.5) is 0 Å². The van der Waals surface area contributed by atoms with Gasteiger partial charge in [-0.25, -0.2) is 0 Å². The average Bonchev–Trinajstić information content (AvgIpc) is 2.32. The largest absolute Gasteiger partial charge is 0.465 e. The van der Waals surface area contributed by atoms with Gasteiger partial charge in [0.05, 0.1) is 5.41 Å². The monoisotopic (exact) mass is 232 g/mol. The number of hydrogen-bond donors (Lipinski definition) is 0. The predicted octanol–water partition coefficient (Wildman–Crippen LogP) is 2.38. The van der Waals surface area contributed by atoms with Crippen LogP contribution in [0, 0.1) is 5.41 Å². The molecule has 0 unspecified atom stereocenters. The van der Waals surface area contributed by atoms with Crippen molar-refractivity contribution in [2.24, 2.45) is 5.41 Å². The van der Waals surface area contributed by atoms with Gasteiger partial charge in [-0.1, -0.05) is 24.3 Å². The SMILES string of the molecule is CC(=O)OC[C@@]1(C)CCc2ccccc2C1=O. The summed E-state index contributed by atoms with van der Waals surface area (Å²) in [5.74, 6) is -0.251. The van der Waals surface area contributed by atoms with Crippen molar-refractivity contribution < 1.29 is 14.3 Å². The molecule has 0 radical (unpaired) electrons. The van der Waals surface area contributed by atoms with Crippen LogP contribution < -0.4 is 0 Å². The maximum Gasteiger partial charge on any atom is 0.302 e. The smallest absolute Gasteiger partial charge is 0.302 e. The number of carbonyl (C=O) groups excluding carboxylic acids is 2. The summed E-state index contributed by atoms with van der Waals surface area (Å²) in [4.78, 5) is 23.2. The van der Waals surface area contributed by atoms with Gasteiger partial charge in [0.1, 0.15) is 6.61 Å². The minimum Gasteiger partial charge on any atom is -0.465 e. The lowest BCUT2D eigenvalue weighted by Crippen LogP contribution is -2.37. The Bertz CT molecular complexity index is 464. The molecule has 0 spiro atoms. The van der Waals surface area contributed by atoms with E-state index in [0.29, 0.717) is 0 Å². The van der Waals surface area contributed by atoms with E-state index in [4.69, 9.17) is 4.74 Å². The Hall–Kier alpha value is -1.64. The fraction of sp³-hybridized carbons (Fsp3) is 0.429. The molecule has 1 aromatic carbocycles. The molecule has 0 saturated heterocycles. The number of fused-ring (bicyclic) bond motifs is 1. The van der Waals surface area contributed by atoms with Gasteiger partial charge in [-0.2, -0.15) is 0 Å². The number of rotatable bonds is 2. The van der Waals surface area contributed by atoms with Crippen molar-refractivity contribution in [3.8, 4) is 0 Å². The average molecular weight is 232 g/mol. The van der Waals surface area contributed by atoms with Gasteiger partial charge in [-0.15, -0.1) is 0 Å². The second-order valence-corrected chi connectivity index (χ2v) is 4.83. The number of esters is 1. The van der Waals surface area contributed by atoms with E-state index in [1.54, 1.807) is 0 Å². The zero-order valence-electron chi connectivity index (χ0n) is 10.2. The zero-order chi connectivity index (χ0) is 12.5. The summed E-state index contributed by atoms with van der Waals surface area (Å²) < 4.78 is 5.01. The summed E-state index contributed by atoms with van der Waals surface area (Å²) in [5, 5.41) is 0. The first-order valence-corrected chi connectivity index (χ1v) is 5.79. The van der Waals surface area contributed by atoms with Gasteiger partial charge < -0.3 is 4.74 Å². The lowest BCUT2D eigenvalue weighted by Gasteiger charge is -2.32. The van der Waals surface area contributed by atoms with Crippen LogP contribution in [0.1, 0.15) is 36.2 Å². The molecule has 0 fully saturated rings. The number of hydrogen-bond acceptors (Lipinski definition) is 3. The summed E-state index contributed by atoms with van der Waals surface area (Å²) in [6.07, 6.45) is 1.59. The maximum absolute atomic E-state index is 12.4. The molecule has 1 aliphatic rings. The van der Waals surface area contributed by atoms with E-state index >= 15 is 0 Å². The van der Waals surface area contributed by atoms with Crippen molar-refractivity contribution in [3.05, 3.63) is 35.4 Å². The van der Waals surface area contributed by atoms with E-state index < -0.39 is 5.41 Å². The summed E-state index contributed by atoms with van der Waals surface area (Å²) in [6.45, 7) is 3.41. The van der Waals surface area contributed by atoms with E-state index in [2.05, 4.69) is 0 Å². The first kappa shape index (κ1) is 11.8. The van der Waals surface area contributed by atoms with Crippen molar-refractivity contribution in [1.29, 1.82) is 0 Å². The fourth-order valence-electron chi connectivity index (χ4n) is 2.21. The van der Waals surface area contributed by atoms with Gasteiger partial charge in [0, 0.05) is 12.5 Å². The van der Waals surface area contributed by atoms with Crippen molar-refractivity contribution in [3.63, 3.8) is 0 Å². The van der Waals surface area contributed by atoms with Crippen LogP contribution in [-0.4, -0.2) is 18.4 Å². The molecular weight excluding hydrogens is 216 g/mol. The molecule has 90 valence electrons. The summed E-state index contributed by atoms with van der Waals surface area (Å²) >= 11 is 0. The van der Waals surface area contributed by atoms with Gasteiger partial charge in [-0.3, -0.25) is 9.59 Å². The quantitative estimate of drug-likeness (QED) is 0.735. The highest BCUT2D eigenvalue weighted by Gasteiger charge is 2.39. The minimum absolute atomic E-state index is 0.0839. The van der Waals surface area contributed by atoms with Gasteiger partial charge in [0.2, 0.25) is 0 Å². The molecule has 0 amide bonds. The molecule has 1 atom stereocenters. The molecule has 1 aromatic rings. The standard InChI is InChI=1S/C14H16O3/c1-10(15)17-9-14(2)8-7-11-5-3-4-6-12(11)13(14)16/h3-6H,7-9H2,1-2H3/t14-/m1/s1. The Morgan fingerprint density at radius 3 is 2.82 bits per heavy atom. The van der Waals surface area contributed by atoms with E-state index in [0.717, 1.165) is 24.0 Å².